The highest BCUT2D eigenvalue weighted by Gasteiger charge is 2.38. The van der Waals surface area contributed by atoms with Crippen molar-refractivity contribution in [2.24, 2.45) is 7.05 Å². The van der Waals surface area contributed by atoms with Crippen molar-refractivity contribution < 1.29 is 19.1 Å². The Morgan fingerprint density at radius 2 is 2.06 bits per heavy atom. The van der Waals surface area contributed by atoms with Crippen LogP contribution in [0.1, 0.15) is 37.1 Å². The summed E-state index contributed by atoms with van der Waals surface area (Å²) in [6.07, 6.45) is 3.46. The average Bonchev–Trinajstić information content (AvgIpc) is 3.51. The van der Waals surface area contributed by atoms with E-state index in [1.165, 1.54) is 0 Å². The van der Waals surface area contributed by atoms with Gasteiger partial charge in [0.1, 0.15) is 5.82 Å². The molecular formula is C25H28N4O4. The second-order valence-corrected chi connectivity index (χ2v) is 8.87. The molecule has 3 heterocycles. The summed E-state index contributed by atoms with van der Waals surface area (Å²) in [5.74, 6) is 2.44. The number of para-hydroxylation sites is 2. The molecule has 0 spiro atoms. The number of imidazole rings is 1. The predicted octanol–water partition coefficient (Wildman–Crippen LogP) is 2.63. The summed E-state index contributed by atoms with van der Waals surface area (Å²) in [6.45, 7) is 0.757. The molecule has 2 aliphatic rings. The number of nitrogens with one attached hydrogen (secondary N) is 2. The normalized spacial score (nSPS) is 19.1. The molecule has 8 nitrogen and oxygen atoms in total. The number of amides is 2. The lowest BCUT2D eigenvalue weighted by Crippen LogP contribution is -2.44. The third-order valence-corrected chi connectivity index (χ3v) is 6.60. The minimum atomic E-state index is -0.417. The fraction of sp³-hybridized carbons (Fsp3) is 0.400. The van der Waals surface area contributed by atoms with Gasteiger partial charge in [0.15, 0.2) is 11.5 Å². The van der Waals surface area contributed by atoms with Crippen LogP contribution in [0.4, 0.5) is 0 Å². The van der Waals surface area contributed by atoms with E-state index in [-0.39, 0.29) is 18.6 Å². The van der Waals surface area contributed by atoms with Gasteiger partial charge in [-0.3, -0.25) is 9.59 Å². The van der Waals surface area contributed by atoms with Crippen LogP contribution in [0, 0.1) is 0 Å². The van der Waals surface area contributed by atoms with Crippen LogP contribution in [0.25, 0.3) is 11.0 Å². The summed E-state index contributed by atoms with van der Waals surface area (Å²) < 4.78 is 12.9. The lowest BCUT2D eigenvalue weighted by molar-refractivity contribution is -0.122. The van der Waals surface area contributed by atoms with Gasteiger partial charge < -0.3 is 24.7 Å². The van der Waals surface area contributed by atoms with E-state index in [1.807, 2.05) is 49.5 Å². The number of hydrogen-bond acceptors (Lipinski definition) is 5. The number of carbonyl (C=O) groups is 2. The third kappa shape index (κ3) is 4.51. The maximum atomic E-state index is 12.6. The van der Waals surface area contributed by atoms with Crippen LogP contribution in [0.15, 0.2) is 42.5 Å². The van der Waals surface area contributed by atoms with Gasteiger partial charge in [0.25, 0.3) is 0 Å². The lowest BCUT2D eigenvalue weighted by Gasteiger charge is -2.29. The second-order valence-electron chi connectivity index (χ2n) is 8.87. The summed E-state index contributed by atoms with van der Waals surface area (Å²) in [6, 6.07) is 13.9. The van der Waals surface area contributed by atoms with E-state index in [2.05, 4.69) is 20.2 Å². The molecule has 2 N–H and O–H groups in total. The molecule has 1 aromatic heterocycles. The molecule has 33 heavy (non-hydrogen) atoms. The van der Waals surface area contributed by atoms with E-state index in [0.717, 1.165) is 33.9 Å². The lowest BCUT2D eigenvalue weighted by atomic mass is 9.85. The summed E-state index contributed by atoms with van der Waals surface area (Å²) in [5, 5.41) is 6.15. The standard InChI is InChI=1S/C25H28N4O4/c1-29-19-5-3-2-4-18(19)27-22(29)10-13-26-23(30)8-11-25(12-9-24(31)28-25)15-17-6-7-20-21(14-17)33-16-32-20/h2-7,14H,8-13,15-16H2,1H3,(H,26,30)(H,28,31). The van der Waals surface area contributed by atoms with Crippen molar-refractivity contribution in [1.29, 1.82) is 0 Å². The molecule has 0 bridgehead atoms. The van der Waals surface area contributed by atoms with Gasteiger partial charge in [-0.15, -0.1) is 0 Å². The SMILES string of the molecule is Cn1c(CCNC(=O)CCC2(Cc3ccc4c(c3)OCO4)CCC(=O)N2)nc2ccccc21. The van der Waals surface area contributed by atoms with E-state index < -0.39 is 5.54 Å². The highest BCUT2D eigenvalue weighted by molar-refractivity contribution is 5.80. The average molecular weight is 449 g/mol. The number of aromatic nitrogens is 2. The molecular weight excluding hydrogens is 420 g/mol. The first-order chi connectivity index (χ1) is 16.0. The van der Waals surface area contributed by atoms with Gasteiger partial charge in [-0.25, -0.2) is 4.98 Å². The van der Waals surface area contributed by atoms with Crippen LogP contribution < -0.4 is 20.1 Å². The van der Waals surface area contributed by atoms with E-state index in [4.69, 9.17) is 9.47 Å². The van der Waals surface area contributed by atoms with Crippen molar-refractivity contribution in [3.05, 3.63) is 53.9 Å². The van der Waals surface area contributed by atoms with Crippen molar-refractivity contribution in [2.75, 3.05) is 13.3 Å². The summed E-state index contributed by atoms with van der Waals surface area (Å²) in [7, 11) is 2.00. The maximum absolute atomic E-state index is 12.6. The zero-order valence-corrected chi connectivity index (χ0v) is 18.7. The van der Waals surface area contributed by atoms with Gasteiger partial charge in [-0.2, -0.15) is 0 Å². The summed E-state index contributed by atoms with van der Waals surface area (Å²) in [4.78, 5) is 29.3. The molecule has 0 aliphatic carbocycles. The molecule has 2 aromatic carbocycles. The first-order valence-electron chi connectivity index (χ1n) is 11.4. The molecule has 2 aliphatic heterocycles. The van der Waals surface area contributed by atoms with Crippen molar-refractivity contribution in [3.8, 4) is 11.5 Å². The van der Waals surface area contributed by atoms with Crippen molar-refractivity contribution >= 4 is 22.8 Å². The summed E-state index contributed by atoms with van der Waals surface area (Å²) in [5.41, 5.74) is 2.69. The van der Waals surface area contributed by atoms with Gasteiger partial charge in [-0.1, -0.05) is 18.2 Å². The summed E-state index contributed by atoms with van der Waals surface area (Å²) >= 11 is 0. The Bertz CT molecular complexity index is 1200. The van der Waals surface area contributed by atoms with Gasteiger partial charge in [-0.05, 0) is 49.1 Å². The van der Waals surface area contributed by atoms with E-state index in [0.29, 0.717) is 45.1 Å². The van der Waals surface area contributed by atoms with Crippen LogP contribution in [-0.2, 0) is 29.5 Å². The van der Waals surface area contributed by atoms with Crippen molar-refractivity contribution in [3.63, 3.8) is 0 Å². The molecule has 8 heteroatoms. The fourth-order valence-electron chi connectivity index (χ4n) is 4.80. The number of carbonyl (C=O) groups excluding carboxylic acids is 2. The Morgan fingerprint density at radius 3 is 2.88 bits per heavy atom. The fourth-order valence-corrected chi connectivity index (χ4v) is 4.80. The predicted molar refractivity (Wildman–Crippen MR) is 123 cm³/mol. The minimum absolute atomic E-state index is 0.0139. The number of aryl methyl sites for hydroxylation is 1. The Morgan fingerprint density at radius 1 is 1.21 bits per heavy atom. The minimum Gasteiger partial charge on any atom is -0.454 e. The Labute approximate surface area is 192 Å². The molecule has 1 saturated heterocycles. The molecule has 172 valence electrons. The highest BCUT2D eigenvalue weighted by atomic mass is 16.7. The molecule has 3 aromatic rings. The number of nitrogens with zero attached hydrogens (tertiary/aromatic N) is 2. The topological polar surface area (TPSA) is 94.5 Å². The van der Waals surface area contributed by atoms with Crippen molar-refractivity contribution in [2.45, 2.75) is 44.1 Å². The molecule has 0 radical (unpaired) electrons. The zero-order chi connectivity index (χ0) is 22.8. The van der Waals surface area contributed by atoms with E-state index >= 15 is 0 Å². The largest absolute Gasteiger partial charge is 0.454 e. The molecule has 1 unspecified atom stereocenters. The smallest absolute Gasteiger partial charge is 0.231 e. The highest BCUT2D eigenvalue weighted by Crippen LogP contribution is 2.36. The van der Waals surface area contributed by atoms with Crippen LogP contribution in [0.2, 0.25) is 0 Å². The van der Waals surface area contributed by atoms with Crippen LogP contribution in [0.3, 0.4) is 0 Å². The van der Waals surface area contributed by atoms with Crippen LogP contribution in [-0.4, -0.2) is 40.2 Å². The molecule has 5 rings (SSSR count). The number of hydrogen-bond donors (Lipinski definition) is 2. The van der Waals surface area contributed by atoms with Gasteiger partial charge >= 0.3 is 0 Å². The number of rotatable bonds is 8. The van der Waals surface area contributed by atoms with Crippen molar-refractivity contribution in [1.82, 2.24) is 20.2 Å². The quantitative estimate of drug-likeness (QED) is 0.553. The third-order valence-electron chi connectivity index (χ3n) is 6.60. The molecule has 2 amide bonds. The molecule has 1 fully saturated rings. The Balaban J connectivity index is 1.17. The van der Waals surface area contributed by atoms with Crippen LogP contribution >= 0.6 is 0 Å². The van der Waals surface area contributed by atoms with Gasteiger partial charge in [0.05, 0.1) is 11.0 Å². The maximum Gasteiger partial charge on any atom is 0.231 e. The van der Waals surface area contributed by atoms with Crippen LogP contribution in [0.5, 0.6) is 11.5 Å². The number of benzene rings is 2. The Hall–Kier alpha value is -3.55. The zero-order valence-electron chi connectivity index (χ0n) is 18.7. The first kappa shape index (κ1) is 21.3. The Kier molecular flexibility index (Phi) is 5.66. The first-order valence-corrected chi connectivity index (χ1v) is 11.4. The van der Waals surface area contributed by atoms with E-state index in [1.54, 1.807) is 0 Å². The van der Waals surface area contributed by atoms with E-state index in [9.17, 15) is 9.59 Å². The number of ether oxygens (including phenoxy) is 2. The monoisotopic (exact) mass is 448 g/mol. The molecule has 1 atom stereocenters. The van der Waals surface area contributed by atoms with Gasteiger partial charge in [0.2, 0.25) is 18.6 Å². The number of fused-ring (bicyclic) bond motifs is 2. The second kappa shape index (κ2) is 8.77. The molecule has 0 saturated carbocycles. The van der Waals surface area contributed by atoms with Gasteiger partial charge in [0, 0.05) is 38.4 Å².